The molecule has 2 aromatic carbocycles. The summed E-state index contributed by atoms with van der Waals surface area (Å²) in [4.78, 5) is 15.8. The van der Waals surface area contributed by atoms with Gasteiger partial charge in [-0.05, 0) is 80.8 Å². The zero-order valence-corrected chi connectivity index (χ0v) is 24.0. The monoisotopic (exact) mass is 525 g/mol. The third kappa shape index (κ3) is 7.00. The average molecular weight is 526 g/mol. The predicted molar refractivity (Wildman–Crippen MR) is 159 cm³/mol. The summed E-state index contributed by atoms with van der Waals surface area (Å²) in [5, 5.41) is 0. The van der Waals surface area contributed by atoms with Crippen LogP contribution in [0, 0.1) is 12.3 Å². The van der Waals surface area contributed by atoms with Crippen molar-refractivity contribution in [2.75, 3.05) is 26.2 Å². The van der Waals surface area contributed by atoms with Gasteiger partial charge in [0.25, 0.3) is 0 Å². The Morgan fingerprint density at radius 1 is 0.872 bits per heavy atom. The van der Waals surface area contributed by atoms with E-state index in [1.165, 1.54) is 99.8 Å². The number of nitrogens with zero attached hydrogens (tertiary/aromatic N) is 4. The molecule has 3 aliphatic rings. The highest BCUT2D eigenvalue weighted by atomic mass is 15.2. The average Bonchev–Trinajstić information content (AvgIpc) is 3.61. The number of aromatic amines is 1. The molecule has 0 bridgehead atoms. The van der Waals surface area contributed by atoms with Crippen molar-refractivity contribution < 1.29 is 0 Å². The summed E-state index contributed by atoms with van der Waals surface area (Å²) in [7, 11) is 0. The second-order valence-corrected chi connectivity index (χ2v) is 12.8. The van der Waals surface area contributed by atoms with Crippen molar-refractivity contribution in [1.29, 1.82) is 0 Å². The van der Waals surface area contributed by atoms with Crippen LogP contribution in [0.15, 0.2) is 60.9 Å². The molecule has 5 nitrogen and oxygen atoms in total. The zero-order valence-electron chi connectivity index (χ0n) is 24.0. The van der Waals surface area contributed by atoms with Gasteiger partial charge in [-0.25, -0.2) is 4.98 Å². The van der Waals surface area contributed by atoms with Crippen LogP contribution in [0.3, 0.4) is 0 Å². The standard InChI is InChI=1S/C34H47N5/c1-28-6-5-7-31(22-28)25-38(26-33-35-17-18-36-33)24-30-12-10-29(11-13-30)23-37-19-14-34(27-37)15-20-39(21-16-34)32-8-3-2-4-9-32/h5-7,10-13,17-18,22,32H,2-4,8-9,14-16,19-21,23-27H2,1H3,(H,35,36). The fourth-order valence-corrected chi connectivity index (χ4v) is 7.48. The van der Waals surface area contributed by atoms with Gasteiger partial charge in [0.1, 0.15) is 5.82 Å². The third-order valence-corrected chi connectivity index (χ3v) is 9.72. The maximum absolute atomic E-state index is 4.49. The van der Waals surface area contributed by atoms with E-state index in [0.717, 1.165) is 38.0 Å². The minimum absolute atomic E-state index is 0.577. The minimum Gasteiger partial charge on any atom is -0.348 e. The summed E-state index contributed by atoms with van der Waals surface area (Å²) < 4.78 is 0. The number of benzene rings is 2. The number of piperidine rings is 1. The lowest BCUT2D eigenvalue weighted by Gasteiger charge is -2.43. The Hall–Kier alpha value is -2.47. The topological polar surface area (TPSA) is 38.4 Å². The highest BCUT2D eigenvalue weighted by Gasteiger charge is 2.41. The SMILES string of the molecule is Cc1cccc(CN(Cc2ccc(CN3CCC4(CCN(C5CCCCC5)CC4)C3)cc2)Cc2ncc[nH]2)c1. The Bertz CT molecular complexity index is 1160. The first-order valence-electron chi connectivity index (χ1n) is 15.4. The molecule has 0 radical (unpaired) electrons. The number of hydrogen-bond acceptors (Lipinski definition) is 4. The first-order valence-corrected chi connectivity index (χ1v) is 15.4. The number of likely N-dealkylation sites (tertiary alicyclic amines) is 2. The van der Waals surface area contributed by atoms with Gasteiger partial charge in [0.2, 0.25) is 0 Å². The molecule has 5 heteroatoms. The molecule has 3 heterocycles. The van der Waals surface area contributed by atoms with Crippen molar-refractivity contribution in [3.8, 4) is 0 Å². The summed E-state index contributed by atoms with van der Waals surface area (Å²) in [5.74, 6) is 1.02. The van der Waals surface area contributed by atoms with E-state index in [1.54, 1.807) is 0 Å². The second kappa shape index (κ2) is 12.4. The fourth-order valence-electron chi connectivity index (χ4n) is 7.48. The maximum Gasteiger partial charge on any atom is 0.120 e. The zero-order chi connectivity index (χ0) is 26.5. The van der Waals surface area contributed by atoms with Crippen LogP contribution >= 0.6 is 0 Å². The molecule has 1 aliphatic carbocycles. The molecule has 1 aromatic heterocycles. The predicted octanol–water partition coefficient (Wildman–Crippen LogP) is 6.54. The molecule has 3 fully saturated rings. The van der Waals surface area contributed by atoms with Gasteiger partial charge in [-0.2, -0.15) is 0 Å². The van der Waals surface area contributed by atoms with Crippen LogP contribution < -0.4 is 0 Å². The Labute approximate surface area is 235 Å². The van der Waals surface area contributed by atoms with E-state index in [4.69, 9.17) is 0 Å². The maximum atomic E-state index is 4.49. The van der Waals surface area contributed by atoms with Crippen molar-refractivity contribution in [2.45, 2.75) is 90.5 Å². The van der Waals surface area contributed by atoms with Crippen LogP contribution in [0.25, 0.3) is 0 Å². The molecule has 0 atom stereocenters. The first kappa shape index (κ1) is 26.7. The van der Waals surface area contributed by atoms with Gasteiger partial charge >= 0.3 is 0 Å². The molecule has 39 heavy (non-hydrogen) atoms. The lowest BCUT2D eigenvalue weighted by atomic mass is 9.77. The number of imidazole rings is 1. The van der Waals surface area contributed by atoms with E-state index in [2.05, 4.69) is 80.1 Å². The summed E-state index contributed by atoms with van der Waals surface area (Å²) in [6.45, 7) is 11.1. The minimum atomic E-state index is 0.577. The molecule has 0 amide bonds. The molecule has 208 valence electrons. The van der Waals surface area contributed by atoms with Crippen molar-refractivity contribution in [1.82, 2.24) is 24.7 Å². The normalized spacial score (nSPS) is 20.8. The highest BCUT2D eigenvalue weighted by molar-refractivity contribution is 5.24. The number of rotatable bonds is 9. The van der Waals surface area contributed by atoms with Gasteiger partial charge in [-0.15, -0.1) is 0 Å². The Morgan fingerprint density at radius 2 is 1.62 bits per heavy atom. The van der Waals surface area contributed by atoms with Crippen LogP contribution in [0.1, 0.15) is 79.4 Å². The van der Waals surface area contributed by atoms with Crippen molar-refractivity contribution in [3.63, 3.8) is 0 Å². The summed E-state index contributed by atoms with van der Waals surface area (Å²) >= 11 is 0. The number of H-pyrrole nitrogens is 1. The molecule has 1 saturated carbocycles. The Morgan fingerprint density at radius 3 is 2.36 bits per heavy atom. The molecule has 1 spiro atoms. The molecule has 2 aliphatic heterocycles. The van der Waals surface area contributed by atoms with Gasteiger partial charge in [0.05, 0.1) is 6.54 Å². The molecular weight excluding hydrogens is 478 g/mol. The van der Waals surface area contributed by atoms with Gasteiger partial charge in [-0.3, -0.25) is 9.80 Å². The quantitative estimate of drug-likeness (QED) is 0.344. The van der Waals surface area contributed by atoms with Gasteiger partial charge in [0.15, 0.2) is 0 Å². The molecule has 0 unspecified atom stereocenters. The van der Waals surface area contributed by atoms with Crippen molar-refractivity contribution in [3.05, 3.63) is 89.0 Å². The molecule has 1 N–H and O–H groups in total. The van der Waals surface area contributed by atoms with E-state index >= 15 is 0 Å². The van der Waals surface area contributed by atoms with Crippen LogP contribution in [0.4, 0.5) is 0 Å². The molecular formula is C34H47N5. The van der Waals surface area contributed by atoms with E-state index < -0.39 is 0 Å². The Balaban J connectivity index is 1.02. The molecule has 6 rings (SSSR count). The third-order valence-electron chi connectivity index (χ3n) is 9.72. The summed E-state index contributed by atoms with van der Waals surface area (Å²) in [5.41, 5.74) is 6.06. The number of hydrogen-bond donors (Lipinski definition) is 1. The Kier molecular flexibility index (Phi) is 8.48. The number of nitrogens with one attached hydrogen (secondary N) is 1. The van der Waals surface area contributed by atoms with E-state index in [-0.39, 0.29) is 0 Å². The van der Waals surface area contributed by atoms with E-state index in [9.17, 15) is 0 Å². The lowest BCUT2D eigenvalue weighted by Crippen LogP contribution is -2.46. The largest absolute Gasteiger partial charge is 0.348 e. The number of aromatic nitrogens is 2. The van der Waals surface area contributed by atoms with Gasteiger partial charge in [0, 0.05) is 44.6 Å². The smallest absolute Gasteiger partial charge is 0.120 e. The van der Waals surface area contributed by atoms with E-state index in [0.29, 0.717) is 5.41 Å². The van der Waals surface area contributed by atoms with Crippen molar-refractivity contribution in [2.24, 2.45) is 5.41 Å². The molecule has 2 saturated heterocycles. The summed E-state index contributed by atoms with van der Waals surface area (Å²) in [6, 6.07) is 19.2. The number of aryl methyl sites for hydroxylation is 1. The van der Waals surface area contributed by atoms with Crippen LogP contribution in [0.2, 0.25) is 0 Å². The van der Waals surface area contributed by atoms with Crippen LogP contribution in [0.5, 0.6) is 0 Å². The first-order chi connectivity index (χ1) is 19.1. The second-order valence-electron chi connectivity index (χ2n) is 12.8. The highest BCUT2D eigenvalue weighted by Crippen LogP contribution is 2.42. The van der Waals surface area contributed by atoms with E-state index in [1.807, 2.05) is 12.4 Å². The lowest BCUT2D eigenvalue weighted by molar-refractivity contribution is 0.0615. The van der Waals surface area contributed by atoms with Crippen LogP contribution in [-0.4, -0.2) is 56.9 Å². The van der Waals surface area contributed by atoms with Gasteiger partial charge < -0.3 is 9.88 Å². The summed E-state index contributed by atoms with van der Waals surface area (Å²) in [6.07, 6.45) is 15.2. The van der Waals surface area contributed by atoms with Crippen molar-refractivity contribution >= 4 is 0 Å². The van der Waals surface area contributed by atoms with Gasteiger partial charge in [-0.1, -0.05) is 73.4 Å². The molecule has 3 aromatic rings. The fraction of sp³-hybridized carbons (Fsp3) is 0.559. The van der Waals surface area contributed by atoms with Crippen LogP contribution in [-0.2, 0) is 26.2 Å².